The first-order valence-corrected chi connectivity index (χ1v) is 6.51. The highest BCUT2D eigenvalue weighted by Gasteiger charge is 2.31. The number of rotatable bonds is 4. The van der Waals surface area contributed by atoms with Gasteiger partial charge in [-0.1, -0.05) is 12.8 Å². The van der Waals surface area contributed by atoms with Crippen LogP contribution in [0.15, 0.2) is 12.1 Å². The van der Waals surface area contributed by atoms with Crippen molar-refractivity contribution in [3.8, 4) is 0 Å². The van der Waals surface area contributed by atoms with Gasteiger partial charge in [0.15, 0.2) is 17.5 Å². The summed E-state index contributed by atoms with van der Waals surface area (Å²) >= 11 is 0. The lowest BCUT2D eigenvalue weighted by Crippen LogP contribution is -2.39. The van der Waals surface area contributed by atoms with E-state index in [1.807, 2.05) is 0 Å². The molecule has 0 bridgehead atoms. The summed E-state index contributed by atoms with van der Waals surface area (Å²) in [7, 11) is 0. The van der Waals surface area contributed by atoms with Gasteiger partial charge in [-0.2, -0.15) is 0 Å². The van der Waals surface area contributed by atoms with Crippen LogP contribution >= 0.6 is 0 Å². The van der Waals surface area contributed by atoms with Gasteiger partial charge in [0.1, 0.15) is 0 Å². The first-order valence-electron chi connectivity index (χ1n) is 6.51. The summed E-state index contributed by atoms with van der Waals surface area (Å²) in [5.41, 5.74) is -0.399. The van der Waals surface area contributed by atoms with Gasteiger partial charge in [0.05, 0.1) is 5.60 Å². The minimum atomic E-state index is -1.45. The van der Waals surface area contributed by atoms with E-state index >= 15 is 0 Å². The van der Waals surface area contributed by atoms with Crippen LogP contribution in [0, 0.1) is 17.5 Å². The van der Waals surface area contributed by atoms with E-state index in [0.717, 1.165) is 37.8 Å². The number of hydrogen-bond acceptors (Lipinski definition) is 2. The van der Waals surface area contributed by atoms with Gasteiger partial charge in [-0.3, -0.25) is 0 Å². The van der Waals surface area contributed by atoms with Gasteiger partial charge in [0.2, 0.25) is 0 Å². The summed E-state index contributed by atoms with van der Waals surface area (Å²) in [6.45, 7) is 2.10. The molecule has 0 spiro atoms. The van der Waals surface area contributed by atoms with Gasteiger partial charge in [-0.05, 0) is 37.5 Å². The lowest BCUT2D eigenvalue weighted by Gasteiger charge is -2.25. The van der Waals surface area contributed by atoms with Crippen LogP contribution in [0.5, 0.6) is 0 Å². The summed E-state index contributed by atoms with van der Waals surface area (Å²) in [6.07, 6.45) is 3.45. The molecule has 2 rings (SSSR count). The van der Waals surface area contributed by atoms with Crippen molar-refractivity contribution in [3.05, 3.63) is 35.1 Å². The average Bonchev–Trinajstić information content (AvgIpc) is 2.80. The maximum Gasteiger partial charge on any atom is 0.194 e. The molecule has 5 heteroatoms. The van der Waals surface area contributed by atoms with Crippen LogP contribution in [0.2, 0.25) is 0 Å². The van der Waals surface area contributed by atoms with Gasteiger partial charge in [-0.25, -0.2) is 13.2 Å². The number of hydrogen-bond donors (Lipinski definition) is 2. The highest BCUT2D eigenvalue weighted by molar-refractivity contribution is 5.22. The number of benzene rings is 1. The van der Waals surface area contributed by atoms with E-state index in [1.54, 1.807) is 6.92 Å². The van der Waals surface area contributed by atoms with Crippen molar-refractivity contribution in [2.45, 2.75) is 44.2 Å². The molecule has 0 saturated heterocycles. The Bertz CT molecular complexity index is 435. The largest absolute Gasteiger partial charge is 0.389 e. The van der Waals surface area contributed by atoms with Crippen molar-refractivity contribution in [3.63, 3.8) is 0 Å². The zero-order valence-corrected chi connectivity index (χ0v) is 10.8. The second-order valence-electron chi connectivity index (χ2n) is 5.33. The van der Waals surface area contributed by atoms with Crippen LogP contribution in [-0.4, -0.2) is 17.3 Å². The minimum Gasteiger partial charge on any atom is -0.389 e. The van der Waals surface area contributed by atoms with E-state index in [2.05, 4.69) is 5.32 Å². The van der Waals surface area contributed by atoms with E-state index in [9.17, 15) is 18.3 Å². The maximum absolute atomic E-state index is 13.1. The van der Waals surface area contributed by atoms with Gasteiger partial charge in [0, 0.05) is 12.6 Å². The van der Waals surface area contributed by atoms with Crippen LogP contribution in [0.3, 0.4) is 0 Å². The summed E-state index contributed by atoms with van der Waals surface area (Å²) in [4.78, 5) is 0. The van der Waals surface area contributed by atoms with Crippen LogP contribution in [-0.2, 0) is 0 Å². The van der Waals surface area contributed by atoms with Crippen molar-refractivity contribution < 1.29 is 18.3 Å². The molecule has 0 aliphatic heterocycles. The fourth-order valence-electron chi connectivity index (χ4n) is 2.50. The van der Waals surface area contributed by atoms with Gasteiger partial charge < -0.3 is 10.4 Å². The Kier molecular flexibility index (Phi) is 4.16. The molecule has 0 amide bonds. The summed E-state index contributed by atoms with van der Waals surface area (Å²) in [6, 6.07) is 1.61. The molecule has 1 saturated carbocycles. The molecule has 106 valence electrons. The van der Waals surface area contributed by atoms with Gasteiger partial charge in [-0.15, -0.1) is 0 Å². The van der Waals surface area contributed by atoms with Crippen LogP contribution in [0.25, 0.3) is 0 Å². The number of halogens is 3. The predicted octanol–water partition coefficient (Wildman–Crippen LogP) is 3.06. The monoisotopic (exact) mass is 273 g/mol. The zero-order chi connectivity index (χ0) is 14.0. The Morgan fingerprint density at radius 2 is 1.74 bits per heavy atom. The SMILES string of the molecule is CC(NCC1(O)CCCC1)c1cc(F)c(F)c(F)c1. The van der Waals surface area contributed by atoms with Crippen molar-refractivity contribution in [2.24, 2.45) is 0 Å². The van der Waals surface area contributed by atoms with Crippen molar-refractivity contribution in [1.82, 2.24) is 5.32 Å². The minimum absolute atomic E-state index is 0.331. The fraction of sp³-hybridized carbons (Fsp3) is 0.571. The quantitative estimate of drug-likeness (QED) is 0.826. The first kappa shape index (κ1) is 14.3. The number of nitrogens with one attached hydrogen (secondary N) is 1. The maximum atomic E-state index is 13.1. The van der Waals surface area contributed by atoms with Crippen LogP contribution < -0.4 is 5.32 Å². The molecule has 2 N–H and O–H groups in total. The first-order chi connectivity index (χ1) is 8.91. The molecule has 1 aromatic carbocycles. The van der Waals surface area contributed by atoms with E-state index in [-0.39, 0.29) is 6.04 Å². The lowest BCUT2D eigenvalue weighted by atomic mass is 10.0. The molecule has 19 heavy (non-hydrogen) atoms. The van der Waals surface area contributed by atoms with Crippen molar-refractivity contribution >= 4 is 0 Å². The Balaban J connectivity index is 2.01. The molecular formula is C14H18F3NO. The molecular weight excluding hydrogens is 255 g/mol. The molecule has 0 heterocycles. The molecule has 1 fully saturated rings. The molecule has 1 atom stereocenters. The third-order valence-corrected chi connectivity index (χ3v) is 3.78. The highest BCUT2D eigenvalue weighted by atomic mass is 19.2. The second-order valence-corrected chi connectivity index (χ2v) is 5.33. The van der Waals surface area contributed by atoms with E-state index in [4.69, 9.17) is 0 Å². The fourth-order valence-corrected chi connectivity index (χ4v) is 2.50. The molecule has 2 nitrogen and oxygen atoms in total. The van der Waals surface area contributed by atoms with Crippen LogP contribution in [0.4, 0.5) is 13.2 Å². The van der Waals surface area contributed by atoms with E-state index in [0.29, 0.717) is 12.1 Å². The van der Waals surface area contributed by atoms with Crippen molar-refractivity contribution in [1.29, 1.82) is 0 Å². The summed E-state index contributed by atoms with van der Waals surface area (Å²) < 4.78 is 39.1. The third kappa shape index (κ3) is 3.28. The Morgan fingerprint density at radius 1 is 1.21 bits per heavy atom. The molecule has 1 unspecified atom stereocenters. The average molecular weight is 273 g/mol. The molecule has 1 aliphatic carbocycles. The Hall–Kier alpha value is -1.07. The topological polar surface area (TPSA) is 32.3 Å². The Morgan fingerprint density at radius 3 is 2.26 bits per heavy atom. The highest BCUT2D eigenvalue weighted by Crippen LogP contribution is 2.29. The van der Waals surface area contributed by atoms with Gasteiger partial charge in [0.25, 0.3) is 0 Å². The standard InChI is InChI=1S/C14H18F3NO/c1-9(18-8-14(19)4-2-3-5-14)10-6-11(15)13(17)12(16)7-10/h6-7,9,18-19H,2-5,8H2,1H3. The third-order valence-electron chi connectivity index (χ3n) is 3.78. The number of aliphatic hydroxyl groups is 1. The van der Waals surface area contributed by atoms with Crippen LogP contribution in [0.1, 0.15) is 44.2 Å². The summed E-state index contributed by atoms with van der Waals surface area (Å²) in [5, 5.41) is 13.2. The predicted molar refractivity (Wildman–Crippen MR) is 66.2 cm³/mol. The summed E-state index contributed by atoms with van der Waals surface area (Å²) in [5.74, 6) is -3.84. The molecule has 1 aliphatic rings. The zero-order valence-electron chi connectivity index (χ0n) is 10.8. The smallest absolute Gasteiger partial charge is 0.194 e. The molecule has 0 radical (unpaired) electrons. The van der Waals surface area contributed by atoms with E-state index in [1.165, 1.54) is 0 Å². The van der Waals surface area contributed by atoms with Gasteiger partial charge >= 0.3 is 0 Å². The normalized spacial score (nSPS) is 19.6. The van der Waals surface area contributed by atoms with E-state index < -0.39 is 23.1 Å². The molecule has 1 aromatic rings. The second kappa shape index (κ2) is 5.51. The van der Waals surface area contributed by atoms with Crippen molar-refractivity contribution in [2.75, 3.05) is 6.54 Å². The molecule has 0 aromatic heterocycles. The lowest BCUT2D eigenvalue weighted by molar-refractivity contribution is 0.0453. The Labute approximate surface area is 110 Å².